The maximum Gasteiger partial charge on any atom is 0.137 e. The van der Waals surface area contributed by atoms with E-state index in [0.29, 0.717) is 6.42 Å². The standard InChI is InChI=1S/C10H10N4/c11-4-3-9(12)8-6-14-10-7(8)2-1-5-13-10/h1-2,5-6,9H,3,12H2,(H,13,14)/t9-/m0/s1. The highest BCUT2D eigenvalue weighted by molar-refractivity contribution is 5.80. The molecule has 4 heteroatoms. The summed E-state index contributed by atoms with van der Waals surface area (Å²) < 4.78 is 0. The van der Waals surface area contributed by atoms with Crippen molar-refractivity contribution in [3.63, 3.8) is 0 Å². The summed E-state index contributed by atoms with van der Waals surface area (Å²) in [6, 6.07) is 5.63. The van der Waals surface area contributed by atoms with E-state index in [0.717, 1.165) is 16.6 Å². The Labute approximate surface area is 81.4 Å². The van der Waals surface area contributed by atoms with Gasteiger partial charge in [0.25, 0.3) is 0 Å². The average molecular weight is 186 g/mol. The van der Waals surface area contributed by atoms with E-state index in [2.05, 4.69) is 16.0 Å². The third-order valence-electron chi connectivity index (χ3n) is 2.19. The number of H-pyrrole nitrogens is 1. The van der Waals surface area contributed by atoms with Gasteiger partial charge in [0.15, 0.2) is 0 Å². The van der Waals surface area contributed by atoms with Crippen LogP contribution in [-0.2, 0) is 0 Å². The molecule has 2 aromatic heterocycles. The third kappa shape index (κ3) is 1.34. The van der Waals surface area contributed by atoms with Crippen molar-refractivity contribution in [2.75, 3.05) is 0 Å². The van der Waals surface area contributed by atoms with Crippen molar-refractivity contribution in [2.24, 2.45) is 5.73 Å². The van der Waals surface area contributed by atoms with Crippen LogP contribution in [-0.4, -0.2) is 9.97 Å². The fourth-order valence-corrected chi connectivity index (χ4v) is 1.49. The van der Waals surface area contributed by atoms with Gasteiger partial charge in [-0.15, -0.1) is 0 Å². The van der Waals surface area contributed by atoms with Crippen LogP contribution in [0.25, 0.3) is 11.0 Å². The molecule has 14 heavy (non-hydrogen) atoms. The van der Waals surface area contributed by atoms with Crippen molar-refractivity contribution >= 4 is 11.0 Å². The lowest BCUT2D eigenvalue weighted by Crippen LogP contribution is -2.08. The Bertz CT molecular complexity index is 480. The van der Waals surface area contributed by atoms with Crippen LogP contribution in [0.5, 0.6) is 0 Å². The molecule has 2 heterocycles. The Morgan fingerprint density at radius 2 is 2.50 bits per heavy atom. The molecule has 0 aliphatic carbocycles. The minimum Gasteiger partial charge on any atom is -0.346 e. The molecule has 0 amide bonds. The van der Waals surface area contributed by atoms with Crippen LogP contribution in [0.15, 0.2) is 24.5 Å². The highest BCUT2D eigenvalue weighted by Crippen LogP contribution is 2.22. The summed E-state index contributed by atoms with van der Waals surface area (Å²) in [6.45, 7) is 0. The minimum absolute atomic E-state index is 0.238. The summed E-state index contributed by atoms with van der Waals surface area (Å²) in [7, 11) is 0. The number of fused-ring (bicyclic) bond motifs is 1. The highest BCUT2D eigenvalue weighted by Gasteiger charge is 2.10. The van der Waals surface area contributed by atoms with E-state index in [1.165, 1.54) is 0 Å². The molecule has 0 bridgehead atoms. The second kappa shape index (κ2) is 3.48. The van der Waals surface area contributed by atoms with Gasteiger partial charge in [0.05, 0.1) is 12.5 Å². The van der Waals surface area contributed by atoms with E-state index >= 15 is 0 Å². The van der Waals surface area contributed by atoms with Crippen molar-refractivity contribution in [3.05, 3.63) is 30.1 Å². The second-order valence-electron chi connectivity index (χ2n) is 3.11. The summed E-state index contributed by atoms with van der Waals surface area (Å²) in [5, 5.41) is 9.55. The first kappa shape index (κ1) is 8.73. The lowest BCUT2D eigenvalue weighted by atomic mass is 10.1. The fraction of sp³-hybridized carbons (Fsp3) is 0.200. The number of aromatic nitrogens is 2. The molecule has 0 radical (unpaired) electrons. The normalized spacial score (nSPS) is 12.6. The maximum atomic E-state index is 8.55. The highest BCUT2D eigenvalue weighted by atomic mass is 14.8. The summed E-state index contributed by atoms with van der Waals surface area (Å²) >= 11 is 0. The van der Waals surface area contributed by atoms with E-state index in [1.54, 1.807) is 6.20 Å². The smallest absolute Gasteiger partial charge is 0.137 e. The molecule has 0 aromatic carbocycles. The van der Waals surface area contributed by atoms with E-state index in [-0.39, 0.29) is 6.04 Å². The Hall–Kier alpha value is -1.86. The van der Waals surface area contributed by atoms with E-state index < -0.39 is 0 Å². The molecule has 4 nitrogen and oxygen atoms in total. The minimum atomic E-state index is -0.238. The summed E-state index contributed by atoms with van der Waals surface area (Å²) in [4.78, 5) is 7.18. The number of nitrogens with zero attached hydrogens (tertiary/aromatic N) is 2. The number of hydrogen-bond acceptors (Lipinski definition) is 3. The first-order chi connectivity index (χ1) is 6.83. The van der Waals surface area contributed by atoms with Crippen molar-refractivity contribution < 1.29 is 0 Å². The number of rotatable bonds is 2. The van der Waals surface area contributed by atoms with Gasteiger partial charge in [-0.2, -0.15) is 5.26 Å². The first-order valence-electron chi connectivity index (χ1n) is 4.37. The topological polar surface area (TPSA) is 78.5 Å². The van der Waals surface area contributed by atoms with Crippen LogP contribution < -0.4 is 5.73 Å². The quantitative estimate of drug-likeness (QED) is 0.745. The van der Waals surface area contributed by atoms with Gasteiger partial charge in [-0.25, -0.2) is 4.98 Å². The van der Waals surface area contributed by atoms with Gasteiger partial charge < -0.3 is 10.7 Å². The molecule has 0 spiro atoms. The molecule has 70 valence electrons. The van der Waals surface area contributed by atoms with Gasteiger partial charge in [0.2, 0.25) is 0 Å². The molecule has 2 rings (SSSR count). The maximum absolute atomic E-state index is 8.55. The molecule has 2 aromatic rings. The average Bonchev–Trinajstić information content (AvgIpc) is 2.61. The van der Waals surface area contributed by atoms with Crippen LogP contribution in [0.2, 0.25) is 0 Å². The van der Waals surface area contributed by atoms with Gasteiger partial charge in [-0.05, 0) is 17.7 Å². The lowest BCUT2D eigenvalue weighted by Gasteiger charge is -2.04. The Morgan fingerprint density at radius 3 is 3.29 bits per heavy atom. The fourth-order valence-electron chi connectivity index (χ4n) is 1.49. The van der Waals surface area contributed by atoms with Gasteiger partial charge in [0.1, 0.15) is 5.65 Å². The summed E-state index contributed by atoms with van der Waals surface area (Å²) in [6.07, 6.45) is 3.86. The number of pyridine rings is 1. The Kier molecular flexibility index (Phi) is 2.17. The largest absolute Gasteiger partial charge is 0.346 e. The molecule has 0 saturated heterocycles. The SMILES string of the molecule is N#CC[C@H](N)c1c[nH]c2ncccc12. The predicted molar refractivity (Wildman–Crippen MR) is 53.3 cm³/mol. The Morgan fingerprint density at radius 1 is 1.64 bits per heavy atom. The molecule has 0 aliphatic heterocycles. The molecule has 0 aliphatic rings. The van der Waals surface area contributed by atoms with Crippen LogP contribution >= 0.6 is 0 Å². The molecule has 0 fully saturated rings. The van der Waals surface area contributed by atoms with Crippen LogP contribution in [0.4, 0.5) is 0 Å². The van der Waals surface area contributed by atoms with Gasteiger partial charge in [-0.1, -0.05) is 0 Å². The zero-order chi connectivity index (χ0) is 9.97. The predicted octanol–water partition coefficient (Wildman–Crippen LogP) is 1.48. The van der Waals surface area contributed by atoms with Crippen LogP contribution in [0, 0.1) is 11.3 Å². The number of nitrogens with two attached hydrogens (primary N) is 1. The molecule has 0 saturated carbocycles. The van der Waals surface area contributed by atoms with Gasteiger partial charge in [0, 0.05) is 23.8 Å². The van der Waals surface area contributed by atoms with E-state index in [4.69, 9.17) is 11.0 Å². The van der Waals surface area contributed by atoms with Crippen LogP contribution in [0.1, 0.15) is 18.0 Å². The number of hydrogen-bond donors (Lipinski definition) is 2. The molecule has 3 N–H and O–H groups in total. The Balaban J connectivity index is 2.48. The lowest BCUT2D eigenvalue weighted by molar-refractivity contribution is 0.755. The van der Waals surface area contributed by atoms with Crippen molar-refractivity contribution in [3.8, 4) is 6.07 Å². The van der Waals surface area contributed by atoms with Gasteiger partial charge >= 0.3 is 0 Å². The molecule has 1 atom stereocenters. The monoisotopic (exact) mass is 186 g/mol. The zero-order valence-electron chi connectivity index (χ0n) is 7.57. The molecule has 0 unspecified atom stereocenters. The van der Waals surface area contributed by atoms with Crippen molar-refractivity contribution in [2.45, 2.75) is 12.5 Å². The first-order valence-corrected chi connectivity index (χ1v) is 4.37. The van der Waals surface area contributed by atoms with Crippen molar-refractivity contribution in [1.29, 1.82) is 5.26 Å². The van der Waals surface area contributed by atoms with Crippen molar-refractivity contribution in [1.82, 2.24) is 9.97 Å². The van der Waals surface area contributed by atoms with E-state index in [9.17, 15) is 0 Å². The number of aromatic amines is 1. The number of nitriles is 1. The molecular weight excluding hydrogens is 176 g/mol. The van der Waals surface area contributed by atoms with E-state index in [1.807, 2.05) is 18.3 Å². The van der Waals surface area contributed by atoms with Gasteiger partial charge in [-0.3, -0.25) is 0 Å². The van der Waals surface area contributed by atoms with Crippen LogP contribution in [0.3, 0.4) is 0 Å². The third-order valence-corrected chi connectivity index (χ3v) is 2.19. The molecular formula is C10H10N4. The summed E-state index contributed by atoms with van der Waals surface area (Å²) in [5.41, 5.74) is 7.61. The zero-order valence-corrected chi connectivity index (χ0v) is 7.57. The number of nitrogens with one attached hydrogen (secondary N) is 1. The summed E-state index contributed by atoms with van der Waals surface area (Å²) in [5.74, 6) is 0. The second-order valence-corrected chi connectivity index (χ2v) is 3.11.